The van der Waals surface area contributed by atoms with E-state index in [1.807, 2.05) is 24.3 Å². The van der Waals surface area contributed by atoms with Gasteiger partial charge in [-0.3, -0.25) is 0 Å². The minimum absolute atomic E-state index is 0.364. The molecule has 2 aromatic rings. The van der Waals surface area contributed by atoms with Gasteiger partial charge in [-0.1, -0.05) is 12.1 Å². The molecule has 112 valence electrons. The Bertz CT molecular complexity index is 584. The van der Waals surface area contributed by atoms with Crippen LogP contribution in [0.2, 0.25) is 0 Å². The summed E-state index contributed by atoms with van der Waals surface area (Å²) in [6.07, 6.45) is 1.64. The van der Waals surface area contributed by atoms with Gasteiger partial charge in [0.1, 0.15) is 5.52 Å². The Morgan fingerprint density at radius 3 is 2.90 bits per heavy atom. The first-order valence-electron chi connectivity index (χ1n) is 7.18. The Kier molecular flexibility index (Phi) is 3.94. The third-order valence-corrected chi connectivity index (χ3v) is 3.89. The first-order chi connectivity index (χ1) is 10.3. The summed E-state index contributed by atoms with van der Waals surface area (Å²) < 4.78 is 10.4. The Morgan fingerprint density at radius 2 is 2.19 bits per heavy atom. The lowest BCUT2D eigenvalue weighted by Crippen LogP contribution is -2.38. The van der Waals surface area contributed by atoms with E-state index >= 15 is 0 Å². The van der Waals surface area contributed by atoms with Crippen molar-refractivity contribution < 1.29 is 13.9 Å². The summed E-state index contributed by atoms with van der Waals surface area (Å²) in [5.41, 5.74) is 1.71. The van der Waals surface area contributed by atoms with Gasteiger partial charge in [0.05, 0.1) is 7.11 Å². The number of hydrogen-bond acceptors (Lipinski definition) is 5. The number of rotatable bonds is 3. The van der Waals surface area contributed by atoms with Crippen molar-refractivity contribution in [2.45, 2.75) is 12.8 Å². The monoisotopic (exact) mass is 289 g/mol. The highest BCUT2D eigenvalue weighted by molar-refractivity contribution is 5.74. The molecule has 0 bridgehead atoms. The number of alkyl carbamates (subject to hydrolysis) is 1. The van der Waals surface area contributed by atoms with E-state index in [0.717, 1.165) is 37.0 Å². The van der Waals surface area contributed by atoms with Crippen LogP contribution in [0.1, 0.15) is 12.8 Å². The number of oxazole rings is 1. The molecule has 1 aliphatic rings. The van der Waals surface area contributed by atoms with Crippen molar-refractivity contribution >= 4 is 23.2 Å². The Labute approximate surface area is 123 Å². The molecule has 0 atom stereocenters. The number of nitrogens with one attached hydrogen (secondary N) is 1. The van der Waals surface area contributed by atoms with E-state index in [4.69, 9.17) is 4.42 Å². The summed E-state index contributed by atoms with van der Waals surface area (Å²) in [7, 11) is 1.38. The van der Waals surface area contributed by atoms with Crippen LogP contribution in [-0.4, -0.2) is 37.8 Å². The summed E-state index contributed by atoms with van der Waals surface area (Å²) in [4.78, 5) is 17.8. The van der Waals surface area contributed by atoms with Gasteiger partial charge in [-0.05, 0) is 30.9 Å². The number of benzene rings is 1. The number of methoxy groups -OCH3 is 1. The average Bonchev–Trinajstić information content (AvgIpc) is 2.97. The van der Waals surface area contributed by atoms with Crippen LogP contribution in [0.5, 0.6) is 0 Å². The van der Waals surface area contributed by atoms with Crippen LogP contribution in [0.3, 0.4) is 0 Å². The molecule has 1 fully saturated rings. The number of amides is 1. The van der Waals surface area contributed by atoms with E-state index in [1.54, 1.807) is 0 Å². The van der Waals surface area contributed by atoms with Crippen molar-refractivity contribution in [1.82, 2.24) is 10.3 Å². The fraction of sp³-hybridized carbons (Fsp3) is 0.467. The number of ether oxygens (including phenoxy) is 1. The minimum atomic E-state index is -0.364. The van der Waals surface area contributed by atoms with Gasteiger partial charge in [-0.25, -0.2) is 4.79 Å². The van der Waals surface area contributed by atoms with Crippen molar-refractivity contribution in [3.05, 3.63) is 24.3 Å². The highest BCUT2D eigenvalue weighted by Crippen LogP contribution is 2.25. The second-order valence-corrected chi connectivity index (χ2v) is 5.27. The van der Waals surface area contributed by atoms with E-state index in [2.05, 4.69) is 19.9 Å². The zero-order valence-corrected chi connectivity index (χ0v) is 12.0. The third-order valence-electron chi connectivity index (χ3n) is 3.89. The minimum Gasteiger partial charge on any atom is -0.453 e. The standard InChI is InChI=1S/C15H19N3O3/c1-20-15(19)16-10-11-6-8-18(9-7-11)14-17-12-4-2-3-5-13(12)21-14/h2-5,11H,6-10H2,1H3,(H,16,19). The molecule has 2 heterocycles. The third kappa shape index (κ3) is 3.09. The van der Waals surface area contributed by atoms with Crippen molar-refractivity contribution in [3.63, 3.8) is 0 Å². The molecular weight excluding hydrogens is 270 g/mol. The van der Waals surface area contributed by atoms with Gasteiger partial charge in [0.2, 0.25) is 0 Å². The van der Waals surface area contributed by atoms with E-state index in [-0.39, 0.29) is 6.09 Å². The molecule has 0 saturated carbocycles. The van der Waals surface area contributed by atoms with E-state index < -0.39 is 0 Å². The number of para-hydroxylation sites is 2. The molecule has 3 rings (SSSR count). The number of aromatic nitrogens is 1. The first kappa shape index (κ1) is 13.7. The molecule has 1 aliphatic heterocycles. The molecule has 0 aliphatic carbocycles. The molecule has 1 saturated heterocycles. The van der Waals surface area contributed by atoms with Crippen LogP contribution in [-0.2, 0) is 4.74 Å². The largest absolute Gasteiger partial charge is 0.453 e. The fourth-order valence-electron chi connectivity index (χ4n) is 2.62. The van der Waals surface area contributed by atoms with E-state index in [0.29, 0.717) is 18.5 Å². The molecule has 0 unspecified atom stereocenters. The maximum Gasteiger partial charge on any atom is 0.406 e. The van der Waals surface area contributed by atoms with Gasteiger partial charge in [0.25, 0.3) is 6.01 Å². The number of fused-ring (bicyclic) bond motifs is 1. The number of hydrogen-bond donors (Lipinski definition) is 1. The Hall–Kier alpha value is -2.24. The molecule has 6 heteroatoms. The van der Waals surface area contributed by atoms with Crippen molar-refractivity contribution in [2.24, 2.45) is 5.92 Å². The molecular formula is C15H19N3O3. The molecule has 1 aromatic heterocycles. The highest BCUT2D eigenvalue weighted by Gasteiger charge is 2.23. The lowest BCUT2D eigenvalue weighted by atomic mass is 9.97. The molecule has 1 amide bonds. The fourth-order valence-corrected chi connectivity index (χ4v) is 2.62. The summed E-state index contributed by atoms with van der Waals surface area (Å²) in [5, 5.41) is 2.76. The maximum absolute atomic E-state index is 11.1. The smallest absolute Gasteiger partial charge is 0.406 e. The molecule has 1 aromatic carbocycles. The van der Waals surface area contributed by atoms with Crippen LogP contribution in [0.25, 0.3) is 11.1 Å². The Balaban J connectivity index is 1.56. The topological polar surface area (TPSA) is 67.6 Å². The zero-order valence-electron chi connectivity index (χ0n) is 12.0. The highest BCUT2D eigenvalue weighted by atomic mass is 16.5. The maximum atomic E-state index is 11.1. The van der Waals surface area contributed by atoms with Gasteiger partial charge < -0.3 is 19.4 Å². The zero-order chi connectivity index (χ0) is 14.7. The average molecular weight is 289 g/mol. The van der Waals surface area contributed by atoms with Crippen molar-refractivity contribution in [2.75, 3.05) is 31.6 Å². The number of carbonyl (C=O) groups excluding carboxylic acids is 1. The van der Waals surface area contributed by atoms with Gasteiger partial charge in [-0.2, -0.15) is 4.98 Å². The van der Waals surface area contributed by atoms with E-state index in [1.165, 1.54) is 7.11 Å². The molecule has 1 N–H and O–H groups in total. The van der Waals surface area contributed by atoms with E-state index in [9.17, 15) is 4.79 Å². The predicted molar refractivity (Wildman–Crippen MR) is 79.4 cm³/mol. The lowest BCUT2D eigenvalue weighted by Gasteiger charge is -2.30. The van der Waals surface area contributed by atoms with Crippen LogP contribution in [0.4, 0.5) is 10.8 Å². The summed E-state index contributed by atoms with van der Waals surface area (Å²) in [5.74, 6) is 0.477. The number of piperidine rings is 1. The SMILES string of the molecule is COC(=O)NCC1CCN(c2nc3ccccc3o2)CC1. The first-order valence-corrected chi connectivity index (χ1v) is 7.18. The normalized spacial score (nSPS) is 16.1. The lowest BCUT2D eigenvalue weighted by molar-refractivity contribution is 0.168. The van der Waals surface area contributed by atoms with Crippen molar-refractivity contribution in [1.29, 1.82) is 0 Å². The van der Waals surface area contributed by atoms with Crippen LogP contribution in [0, 0.1) is 5.92 Å². The molecule has 0 spiro atoms. The van der Waals surface area contributed by atoms with Gasteiger partial charge in [0.15, 0.2) is 5.58 Å². The number of carbonyl (C=O) groups is 1. The summed E-state index contributed by atoms with van der Waals surface area (Å²) in [6, 6.07) is 8.48. The second-order valence-electron chi connectivity index (χ2n) is 5.27. The van der Waals surface area contributed by atoms with Gasteiger partial charge in [0, 0.05) is 19.6 Å². The van der Waals surface area contributed by atoms with Gasteiger partial charge >= 0.3 is 6.09 Å². The predicted octanol–water partition coefficient (Wildman–Crippen LogP) is 2.40. The van der Waals surface area contributed by atoms with Crippen LogP contribution in [0.15, 0.2) is 28.7 Å². The van der Waals surface area contributed by atoms with Crippen LogP contribution >= 0.6 is 0 Å². The molecule has 21 heavy (non-hydrogen) atoms. The molecule has 0 radical (unpaired) electrons. The Morgan fingerprint density at radius 1 is 1.43 bits per heavy atom. The van der Waals surface area contributed by atoms with Crippen molar-refractivity contribution in [3.8, 4) is 0 Å². The van der Waals surface area contributed by atoms with Gasteiger partial charge in [-0.15, -0.1) is 0 Å². The second kappa shape index (κ2) is 6.03. The summed E-state index contributed by atoms with van der Waals surface area (Å²) >= 11 is 0. The number of anilines is 1. The summed E-state index contributed by atoms with van der Waals surface area (Å²) in [6.45, 7) is 2.44. The van der Waals surface area contributed by atoms with Crippen LogP contribution < -0.4 is 10.2 Å². The number of nitrogens with zero attached hydrogens (tertiary/aromatic N) is 2. The quantitative estimate of drug-likeness (QED) is 0.939. The molecule has 6 nitrogen and oxygen atoms in total.